The Morgan fingerprint density at radius 3 is 2.50 bits per heavy atom. The number of aromatic nitrogens is 1. The molecule has 0 unspecified atom stereocenters. The number of esters is 1. The van der Waals surface area contributed by atoms with E-state index in [9.17, 15) is 4.79 Å². The highest BCUT2D eigenvalue weighted by Gasteiger charge is 2.42. The van der Waals surface area contributed by atoms with E-state index in [1.807, 2.05) is 39.0 Å². The van der Waals surface area contributed by atoms with E-state index in [-0.39, 0.29) is 11.4 Å². The molecule has 1 heterocycles. The van der Waals surface area contributed by atoms with E-state index in [0.29, 0.717) is 6.42 Å². The normalized spacial score (nSPS) is 16.0. The molecule has 0 spiro atoms. The summed E-state index contributed by atoms with van der Waals surface area (Å²) in [7, 11) is 1.44. The molecular formula is C15H23NO2. The van der Waals surface area contributed by atoms with Crippen molar-refractivity contribution in [3.8, 4) is 0 Å². The van der Waals surface area contributed by atoms with E-state index in [0.717, 1.165) is 24.2 Å². The van der Waals surface area contributed by atoms with Gasteiger partial charge < -0.3 is 4.74 Å². The molecule has 0 aromatic carbocycles. The minimum atomic E-state index is -0.136. The highest BCUT2D eigenvalue weighted by Crippen LogP contribution is 2.45. The number of hydrogen-bond acceptors (Lipinski definition) is 3. The molecule has 3 heteroatoms. The fraction of sp³-hybridized carbons (Fsp3) is 0.600. The number of carbonyl (C=O) groups is 1. The van der Waals surface area contributed by atoms with Crippen LogP contribution in [0.5, 0.6) is 0 Å². The van der Waals surface area contributed by atoms with Crippen LogP contribution in [0.25, 0.3) is 0 Å². The van der Waals surface area contributed by atoms with E-state index in [1.54, 1.807) is 0 Å². The van der Waals surface area contributed by atoms with Crippen molar-refractivity contribution in [1.29, 1.82) is 0 Å². The number of pyridine rings is 1. The lowest BCUT2D eigenvalue weighted by Crippen LogP contribution is -2.37. The van der Waals surface area contributed by atoms with Gasteiger partial charge in [0, 0.05) is 16.8 Å². The lowest BCUT2D eigenvalue weighted by atomic mass is 9.64. The second-order valence-electron chi connectivity index (χ2n) is 4.55. The number of nitrogens with zero attached hydrogens (tertiary/aromatic N) is 1. The first-order chi connectivity index (χ1) is 8.66. The molecule has 1 aliphatic rings. The second-order valence-corrected chi connectivity index (χ2v) is 4.55. The molecule has 0 bridgehead atoms. The molecule has 1 aliphatic carbocycles. The molecular weight excluding hydrogens is 226 g/mol. The van der Waals surface area contributed by atoms with Crippen LogP contribution >= 0.6 is 0 Å². The van der Waals surface area contributed by atoms with Crippen LogP contribution in [0.4, 0.5) is 0 Å². The zero-order valence-electron chi connectivity index (χ0n) is 11.8. The molecule has 3 nitrogen and oxygen atoms in total. The summed E-state index contributed by atoms with van der Waals surface area (Å²) < 4.78 is 4.77. The average molecular weight is 249 g/mol. The van der Waals surface area contributed by atoms with Gasteiger partial charge in [-0.3, -0.25) is 9.78 Å². The van der Waals surface area contributed by atoms with Gasteiger partial charge in [0.2, 0.25) is 0 Å². The van der Waals surface area contributed by atoms with Crippen LogP contribution in [0.3, 0.4) is 0 Å². The van der Waals surface area contributed by atoms with Crippen molar-refractivity contribution < 1.29 is 9.53 Å². The first-order valence-electron chi connectivity index (χ1n) is 6.67. The molecule has 1 aromatic heterocycles. The van der Waals surface area contributed by atoms with E-state index < -0.39 is 0 Å². The first kappa shape index (κ1) is 14.7. The van der Waals surface area contributed by atoms with E-state index in [2.05, 4.69) is 4.98 Å². The minimum Gasteiger partial charge on any atom is -0.469 e. The Balaban J connectivity index is 0.000000771. The fourth-order valence-electron chi connectivity index (χ4n) is 2.31. The Labute approximate surface area is 110 Å². The van der Waals surface area contributed by atoms with Crippen molar-refractivity contribution >= 4 is 5.97 Å². The SMILES string of the molecule is CC.COC(=O)CC1(c2cccc(C)n2)CCC1. The van der Waals surface area contributed by atoms with Gasteiger partial charge in [0.25, 0.3) is 0 Å². The van der Waals surface area contributed by atoms with Crippen molar-refractivity contribution in [2.75, 3.05) is 7.11 Å². The molecule has 1 saturated carbocycles. The smallest absolute Gasteiger partial charge is 0.306 e. The lowest BCUT2D eigenvalue weighted by molar-refractivity contribution is -0.143. The lowest BCUT2D eigenvalue weighted by Gasteiger charge is -2.40. The van der Waals surface area contributed by atoms with Gasteiger partial charge in [0.15, 0.2) is 0 Å². The molecule has 1 aromatic rings. The van der Waals surface area contributed by atoms with Gasteiger partial charge in [-0.05, 0) is 31.9 Å². The summed E-state index contributed by atoms with van der Waals surface area (Å²) in [6.45, 7) is 5.98. The standard InChI is InChI=1S/C13H17NO2.C2H6/c1-10-5-3-6-11(14-10)13(7-4-8-13)9-12(15)16-2;1-2/h3,5-6H,4,7-9H2,1-2H3;1-2H3. The first-order valence-corrected chi connectivity index (χ1v) is 6.67. The molecule has 0 aliphatic heterocycles. The third-order valence-electron chi connectivity index (χ3n) is 3.45. The Bertz CT molecular complexity index is 397. The topological polar surface area (TPSA) is 39.2 Å². The van der Waals surface area contributed by atoms with Crippen molar-refractivity contribution in [2.24, 2.45) is 0 Å². The van der Waals surface area contributed by atoms with Crippen molar-refractivity contribution in [1.82, 2.24) is 4.98 Å². The molecule has 0 atom stereocenters. The van der Waals surface area contributed by atoms with Crippen LogP contribution in [0.2, 0.25) is 0 Å². The molecule has 0 N–H and O–H groups in total. The molecule has 0 saturated heterocycles. The summed E-state index contributed by atoms with van der Waals surface area (Å²) >= 11 is 0. The van der Waals surface area contributed by atoms with Gasteiger partial charge in [0.1, 0.15) is 0 Å². The monoisotopic (exact) mass is 249 g/mol. The molecule has 2 rings (SSSR count). The summed E-state index contributed by atoms with van der Waals surface area (Å²) in [5.74, 6) is -0.136. The summed E-state index contributed by atoms with van der Waals surface area (Å²) in [6.07, 6.45) is 3.71. The zero-order chi connectivity index (χ0) is 13.6. The van der Waals surface area contributed by atoms with Gasteiger partial charge in [-0.1, -0.05) is 26.3 Å². The van der Waals surface area contributed by atoms with E-state index in [1.165, 1.54) is 13.5 Å². The maximum Gasteiger partial charge on any atom is 0.306 e. The number of carbonyl (C=O) groups excluding carboxylic acids is 1. The number of methoxy groups -OCH3 is 1. The predicted molar refractivity (Wildman–Crippen MR) is 72.5 cm³/mol. The van der Waals surface area contributed by atoms with Crippen molar-refractivity contribution in [3.63, 3.8) is 0 Å². The van der Waals surface area contributed by atoms with Crippen LogP contribution in [-0.2, 0) is 14.9 Å². The predicted octanol–water partition coefficient (Wildman–Crippen LogP) is 3.40. The Kier molecular flexibility index (Phi) is 5.32. The van der Waals surface area contributed by atoms with E-state index in [4.69, 9.17) is 4.74 Å². The van der Waals surface area contributed by atoms with Gasteiger partial charge in [-0.15, -0.1) is 0 Å². The largest absolute Gasteiger partial charge is 0.469 e. The van der Waals surface area contributed by atoms with Crippen molar-refractivity contribution in [3.05, 3.63) is 29.6 Å². The number of hydrogen-bond donors (Lipinski definition) is 0. The Morgan fingerprint density at radius 1 is 1.39 bits per heavy atom. The summed E-state index contributed by atoms with van der Waals surface area (Å²) in [4.78, 5) is 16.0. The van der Waals surface area contributed by atoms with Gasteiger partial charge in [-0.2, -0.15) is 0 Å². The van der Waals surface area contributed by atoms with Gasteiger partial charge in [0.05, 0.1) is 13.5 Å². The maximum atomic E-state index is 11.4. The van der Waals surface area contributed by atoms with Crippen LogP contribution in [0, 0.1) is 6.92 Å². The molecule has 1 fully saturated rings. The third kappa shape index (κ3) is 3.09. The van der Waals surface area contributed by atoms with Crippen LogP contribution in [-0.4, -0.2) is 18.1 Å². The number of aryl methyl sites for hydroxylation is 1. The van der Waals surface area contributed by atoms with Crippen molar-refractivity contribution in [2.45, 2.75) is 51.9 Å². The molecule has 0 radical (unpaired) electrons. The minimum absolute atomic E-state index is 0.0564. The highest BCUT2D eigenvalue weighted by molar-refractivity contribution is 5.71. The van der Waals surface area contributed by atoms with E-state index >= 15 is 0 Å². The summed E-state index contributed by atoms with van der Waals surface area (Å²) in [6, 6.07) is 6.01. The van der Waals surface area contributed by atoms with Crippen LogP contribution < -0.4 is 0 Å². The van der Waals surface area contributed by atoms with Crippen LogP contribution in [0.1, 0.15) is 50.9 Å². The number of rotatable bonds is 3. The van der Waals surface area contributed by atoms with Gasteiger partial charge in [-0.25, -0.2) is 0 Å². The summed E-state index contributed by atoms with van der Waals surface area (Å²) in [5.41, 5.74) is 2.00. The molecule has 100 valence electrons. The average Bonchev–Trinajstić information content (AvgIpc) is 2.36. The van der Waals surface area contributed by atoms with Gasteiger partial charge >= 0.3 is 5.97 Å². The maximum absolute atomic E-state index is 11.4. The molecule has 18 heavy (non-hydrogen) atoms. The highest BCUT2D eigenvalue weighted by atomic mass is 16.5. The Morgan fingerprint density at radius 2 is 2.06 bits per heavy atom. The second kappa shape index (κ2) is 6.53. The summed E-state index contributed by atoms with van der Waals surface area (Å²) in [5, 5.41) is 0. The molecule has 0 amide bonds. The quantitative estimate of drug-likeness (QED) is 0.771. The van der Waals surface area contributed by atoms with Crippen LogP contribution in [0.15, 0.2) is 18.2 Å². The Hall–Kier alpha value is -1.38. The fourth-order valence-corrected chi connectivity index (χ4v) is 2.31. The zero-order valence-corrected chi connectivity index (χ0v) is 11.8. The third-order valence-corrected chi connectivity index (χ3v) is 3.45. The number of ether oxygens (including phenoxy) is 1.